The zero-order valence-electron chi connectivity index (χ0n) is 19.5. The SMILES string of the molecule is Cc1ccc(-c2cc(C(F)(F)F)nc3sc(C(N)=O)c(NC(=O)CCn4nc(C)c(Cl)c4C)c23)cc1. The van der Waals surface area contributed by atoms with Crippen molar-refractivity contribution in [1.29, 1.82) is 0 Å². The van der Waals surface area contributed by atoms with Crippen LogP contribution in [0, 0.1) is 20.8 Å². The number of nitrogens with one attached hydrogen (secondary N) is 1. The minimum absolute atomic E-state index is 0.0260. The first-order chi connectivity index (χ1) is 16.9. The number of thiophene rings is 1. The predicted octanol–water partition coefficient (Wildman–Crippen LogP) is 5.88. The zero-order valence-corrected chi connectivity index (χ0v) is 21.0. The van der Waals surface area contributed by atoms with Crippen molar-refractivity contribution in [3.8, 4) is 11.1 Å². The molecule has 0 atom stereocenters. The van der Waals surface area contributed by atoms with Crippen molar-refractivity contribution in [3.63, 3.8) is 0 Å². The number of fused-ring (bicyclic) bond motifs is 1. The molecule has 0 saturated carbocycles. The van der Waals surface area contributed by atoms with E-state index in [1.54, 1.807) is 42.8 Å². The fourth-order valence-electron chi connectivity index (χ4n) is 3.80. The van der Waals surface area contributed by atoms with Crippen LogP contribution in [-0.2, 0) is 17.5 Å². The Balaban J connectivity index is 1.80. The van der Waals surface area contributed by atoms with Gasteiger partial charge in [-0.2, -0.15) is 18.3 Å². The predicted molar refractivity (Wildman–Crippen MR) is 133 cm³/mol. The lowest BCUT2D eigenvalue weighted by Gasteiger charge is -2.13. The highest BCUT2D eigenvalue weighted by atomic mass is 35.5. The van der Waals surface area contributed by atoms with E-state index in [2.05, 4.69) is 15.4 Å². The smallest absolute Gasteiger partial charge is 0.365 e. The molecule has 36 heavy (non-hydrogen) atoms. The second kappa shape index (κ2) is 9.55. The number of hydrogen-bond acceptors (Lipinski definition) is 5. The van der Waals surface area contributed by atoms with E-state index in [4.69, 9.17) is 17.3 Å². The maximum absolute atomic E-state index is 13.6. The lowest BCUT2D eigenvalue weighted by atomic mass is 10.00. The summed E-state index contributed by atoms with van der Waals surface area (Å²) in [5.74, 6) is -1.36. The summed E-state index contributed by atoms with van der Waals surface area (Å²) in [5, 5.41) is 7.69. The number of carbonyl (C=O) groups is 2. The number of halogens is 4. The van der Waals surface area contributed by atoms with Gasteiger partial charge in [0.1, 0.15) is 15.4 Å². The molecular formula is C24H21ClF3N5O2S. The normalized spacial score (nSPS) is 11.8. The van der Waals surface area contributed by atoms with Crippen LogP contribution < -0.4 is 11.1 Å². The highest BCUT2D eigenvalue weighted by molar-refractivity contribution is 7.21. The van der Waals surface area contributed by atoms with Crippen LogP contribution in [-0.4, -0.2) is 26.6 Å². The van der Waals surface area contributed by atoms with E-state index >= 15 is 0 Å². The molecule has 3 heterocycles. The highest BCUT2D eigenvalue weighted by Gasteiger charge is 2.35. The average molecular weight is 536 g/mol. The standard InChI is InChI=1S/C24H21ClF3N5O2S/c1-11-4-6-14(7-5-11)15-10-16(24(26,27)28)30-23-18(15)20(21(36-23)22(29)35)31-17(34)8-9-33-13(3)19(25)12(2)32-33/h4-7,10H,8-9H2,1-3H3,(H2,29,35)(H,31,34). The summed E-state index contributed by atoms with van der Waals surface area (Å²) in [6, 6.07) is 7.77. The van der Waals surface area contributed by atoms with Crippen molar-refractivity contribution >= 4 is 50.7 Å². The summed E-state index contributed by atoms with van der Waals surface area (Å²) in [5.41, 5.74) is 7.36. The van der Waals surface area contributed by atoms with Gasteiger partial charge in [0.25, 0.3) is 5.91 Å². The lowest BCUT2D eigenvalue weighted by molar-refractivity contribution is -0.140. The molecule has 0 unspecified atom stereocenters. The Morgan fingerprint density at radius 3 is 2.39 bits per heavy atom. The third-order valence-electron chi connectivity index (χ3n) is 5.65. The van der Waals surface area contributed by atoms with Gasteiger partial charge in [0.05, 0.1) is 28.6 Å². The highest BCUT2D eigenvalue weighted by Crippen LogP contribution is 2.43. The lowest BCUT2D eigenvalue weighted by Crippen LogP contribution is -2.18. The number of nitrogens with zero attached hydrogens (tertiary/aromatic N) is 3. The number of anilines is 1. The first-order valence-electron chi connectivity index (χ1n) is 10.8. The molecular weight excluding hydrogens is 515 g/mol. The fourth-order valence-corrected chi connectivity index (χ4v) is 4.94. The van der Waals surface area contributed by atoms with Crippen LogP contribution in [0.15, 0.2) is 30.3 Å². The molecule has 3 N–H and O–H groups in total. The van der Waals surface area contributed by atoms with E-state index in [-0.39, 0.29) is 39.3 Å². The summed E-state index contributed by atoms with van der Waals surface area (Å²) < 4.78 is 42.5. The van der Waals surface area contributed by atoms with Gasteiger partial charge in [-0.25, -0.2) is 4.98 Å². The second-order valence-electron chi connectivity index (χ2n) is 8.28. The Kier molecular flexibility index (Phi) is 6.80. The van der Waals surface area contributed by atoms with Crippen LogP contribution in [0.2, 0.25) is 5.02 Å². The Labute approximate surface area is 213 Å². The molecule has 0 saturated heterocycles. The summed E-state index contributed by atoms with van der Waals surface area (Å²) in [6.07, 6.45) is -4.74. The van der Waals surface area contributed by atoms with Gasteiger partial charge >= 0.3 is 6.18 Å². The minimum Gasteiger partial charge on any atom is -0.365 e. The second-order valence-corrected chi connectivity index (χ2v) is 9.65. The molecule has 0 bridgehead atoms. The molecule has 0 radical (unpaired) electrons. The molecule has 0 aliphatic rings. The Bertz CT molecular complexity index is 1490. The average Bonchev–Trinajstić information content (AvgIpc) is 3.29. The molecule has 0 aliphatic carbocycles. The molecule has 0 fully saturated rings. The maximum Gasteiger partial charge on any atom is 0.433 e. The zero-order chi connectivity index (χ0) is 26.4. The first-order valence-corrected chi connectivity index (χ1v) is 12.0. The summed E-state index contributed by atoms with van der Waals surface area (Å²) in [7, 11) is 0. The minimum atomic E-state index is -4.71. The van der Waals surface area contributed by atoms with Crippen molar-refractivity contribution in [1.82, 2.24) is 14.8 Å². The van der Waals surface area contributed by atoms with Gasteiger partial charge < -0.3 is 11.1 Å². The molecule has 7 nitrogen and oxygen atoms in total. The van der Waals surface area contributed by atoms with Gasteiger partial charge in [-0.05, 0) is 38.0 Å². The Morgan fingerprint density at radius 1 is 1.17 bits per heavy atom. The van der Waals surface area contributed by atoms with Gasteiger partial charge in [0.15, 0.2) is 0 Å². The fraction of sp³-hybridized carbons (Fsp3) is 0.250. The number of primary amides is 1. The maximum atomic E-state index is 13.6. The van der Waals surface area contributed by atoms with E-state index in [0.29, 0.717) is 33.3 Å². The number of hydrogen-bond donors (Lipinski definition) is 2. The van der Waals surface area contributed by atoms with Crippen LogP contribution in [0.3, 0.4) is 0 Å². The van der Waals surface area contributed by atoms with Crippen molar-refractivity contribution in [2.75, 3.05) is 5.32 Å². The number of benzene rings is 1. The Morgan fingerprint density at radius 2 is 1.83 bits per heavy atom. The number of aromatic nitrogens is 3. The summed E-state index contributed by atoms with van der Waals surface area (Å²) >= 11 is 6.86. The van der Waals surface area contributed by atoms with Gasteiger partial charge in [-0.3, -0.25) is 14.3 Å². The van der Waals surface area contributed by atoms with Crippen LogP contribution in [0.4, 0.5) is 18.9 Å². The number of alkyl halides is 3. The molecule has 0 aliphatic heterocycles. The van der Waals surface area contributed by atoms with Crippen LogP contribution >= 0.6 is 22.9 Å². The molecule has 4 rings (SSSR count). The number of amides is 2. The van der Waals surface area contributed by atoms with Crippen LogP contribution in [0.5, 0.6) is 0 Å². The van der Waals surface area contributed by atoms with Gasteiger partial charge in [0.2, 0.25) is 5.91 Å². The molecule has 3 aromatic heterocycles. The van der Waals surface area contributed by atoms with Crippen LogP contribution in [0.1, 0.15) is 38.7 Å². The molecule has 12 heteroatoms. The third kappa shape index (κ3) is 4.93. The monoisotopic (exact) mass is 535 g/mol. The Hall–Kier alpha value is -3.44. The van der Waals surface area contributed by atoms with Crippen molar-refractivity contribution < 1.29 is 22.8 Å². The molecule has 4 aromatic rings. The number of nitrogens with two attached hydrogens (primary N) is 1. The summed E-state index contributed by atoms with van der Waals surface area (Å²) in [6.45, 7) is 5.58. The van der Waals surface area contributed by atoms with Gasteiger partial charge in [0, 0.05) is 11.8 Å². The third-order valence-corrected chi connectivity index (χ3v) is 7.29. The summed E-state index contributed by atoms with van der Waals surface area (Å²) in [4.78, 5) is 28.7. The largest absolute Gasteiger partial charge is 0.433 e. The van der Waals surface area contributed by atoms with E-state index in [9.17, 15) is 22.8 Å². The number of rotatable bonds is 6. The van der Waals surface area contributed by atoms with E-state index < -0.39 is 23.7 Å². The van der Waals surface area contributed by atoms with Gasteiger partial charge in [-0.15, -0.1) is 11.3 Å². The molecule has 188 valence electrons. The van der Waals surface area contributed by atoms with E-state index in [1.807, 2.05) is 6.92 Å². The number of pyridine rings is 1. The van der Waals surface area contributed by atoms with Crippen molar-refractivity contribution in [2.45, 2.75) is 39.9 Å². The first kappa shape index (κ1) is 25.6. The van der Waals surface area contributed by atoms with E-state index in [1.165, 1.54) is 0 Å². The number of aryl methyl sites for hydroxylation is 3. The number of carbonyl (C=O) groups excluding carboxylic acids is 2. The topological polar surface area (TPSA) is 103 Å². The molecule has 1 aromatic carbocycles. The van der Waals surface area contributed by atoms with Crippen molar-refractivity contribution in [2.24, 2.45) is 5.73 Å². The molecule has 2 amide bonds. The van der Waals surface area contributed by atoms with Gasteiger partial charge in [-0.1, -0.05) is 41.4 Å². The van der Waals surface area contributed by atoms with Crippen molar-refractivity contribution in [3.05, 3.63) is 62.9 Å². The molecule has 0 spiro atoms. The van der Waals surface area contributed by atoms with E-state index in [0.717, 1.165) is 11.6 Å². The quantitative estimate of drug-likeness (QED) is 0.321. The van der Waals surface area contributed by atoms with Crippen LogP contribution in [0.25, 0.3) is 21.3 Å².